The van der Waals surface area contributed by atoms with E-state index in [0.29, 0.717) is 18.3 Å². The van der Waals surface area contributed by atoms with Crippen molar-refractivity contribution in [3.05, 3.63) is 24.3 Å². The average Bonchev–Trinajstić information content (AvgIpc) is 2.82. The molecule has 0 aliphatic carbocycles. The minimum absolute atomic E-state index is 0.0550. The highest BCUT2D eigenvalue weighted by molar-refractivity contribution is 8.00. The molecule has 1 aromatic rings. The average molecular weight is 390 g/mol. The molecule has 0 radical (unpaired) electrons. The molecule has 0 bridgehead atoms. The summed E-state index contributed by atoms with van der Waals surface area (Å²) in [6.45, 7) is 6.96. The number of urea groups is 1. The van der Waals surface area contributed by atoms with Crippen LogP contribution in [0, 0.1) is 0 Å². The van der Waals surface area contributed by atoms with E-state index in [0.717, 1.165) is 28.3 Å². The number of rotatable bonds is 4. The zero-order chi connectivity index (χ0) is 19.6. The molecular formula is C20H27N3O3S. The van der Waals surface area contributed by atoms with E-state index in [9.17, 15) is 14.4 Å². The summed E-state index contributed by atoms with van der Waals surface area (Å²) < 4.78 is 0. The fourth-order valence-corrected chi connectivity index (χ4v) is 4.57. The number of nitrogens with zero attached hydrogens (tertiary/aromatic N) is 3. The third-order valence-electron chi connectivity index (χ3n) is 5.30. The zero-order valence-electron chi connectivity index (χ0n) is 16.2. The molecule has 7 heteroatoms. The number of hydrogen-bond acceptors (Lipinski definition) is 4. The Balaban J connectivity index is 1.80. The van der Waals surface area contributed by atoms with Crippen LogP contribution in [0.4, 0.5) is 10.5 Å². The Morgan fingerprint density at radius 2 is 2.00 bits per heavy atom. The maximum absolute atomic E-state index is 13.1. The quantitative estimate of drug-likeness (QED) is 0.792. The molecule has 146 valence electrons. The molecule has 2 heterocycles. The Kier molecular flexibility index (Phi) is 6.09. The van der Waals surface area contributed by atoms with E-state index in [1.165, 1.54) is 0 Å². The molecule has 2 aliphatic rings. The molecule has 6 nitrogen and oxygen atoms in total. The molecule has 0 saturated carbocycles. The summed E-state index contributed by atoms with van der Waals surface area (Å²) in [5.41, 5.74) is 0.868. The number of thioether (sulfide) groups is 1. The van der Waals surface area contributed by atoms with Gasteiger partial charge in [0.25, 0.3) is 0 Å². The number of carbonyl (C=O) groups excluding carboxylic acids is 3. The van der Waals surface area contributed by atoms with Crippen LogP contribution in [0.1, 0.15) is 40.0 Å². The number of hydrogen-bond donors (Lipinski definition) is 0. The van der Waals surface area contributed by atoms with Crippen LogP contribution in [-0.2, 0) is 9.59 Å². The van der Waals surface area contributed by atoms with Crippen molar-refractivity contribution in [3.8, 4) is 0 Å². The first-order valence-corrected chi connectivity index (χ1v) is 10.5. The number of benzene rings is 1. The standard InChI is InChI=1S/C20H27N3O3S/c1-4-14(2)21-12-10-18(24)23(20(21)26)13-19(25)22-11-9-15(3)27-17-8-6-5-7-16(17)22/h5-8,14-15H,4,9-13H2,1-3H3. The lowest BCUT2D eigenvalue weighted by Gasteiger charge is -2.37. The van der Waals surface area contributed by atoms with E-state index in [4.69, 9.17) is 0 Å². The van der Waals surface area contributed by atoms with Crippen molar-refractivity contribution < 1.29 is 14.4 Å². The number of carbonyl (C=O) groups is 3. The summed E-state index contributed by atoms with van der Waals surface area (Å²) >= 11 is 1.76. The number of amides is 4. The van der Waals surface area contributed by atoms with Gasteiger partial charge in [0.15, 0.2) is 0 Å². The Hall–Kier alpha value is -2.02. The molecule has 27 heavy (non-hydrogen) atoms. The zero-order valence-corrected chi connectivity index (χ0v) is 17.0. The third kappa shape index (κ3) is 4.13. The summed E-state index contributed by atoms with van der Waals surface area (Å²) in [7, 11) is 0. The normalized spacial score (nSPS) is 21.7. The lowest BCUT2D eigenvalue weighted by atomic mass is 10.1. The van der Waals surface area contributed by atoms with Gasteiger partial charge in [-0.05, 0) is 31.9 Å². The van der Waals surface area contributed by atoms with E-state index < -0.39 is 0 Å². The number of imide groups is 1. The minimum atomic E-state index is -0.347. The second-order valence-electron chi connectivity index (χ2n) is 7.19. The second-order valence-corrected chi connectivity index (χ2v) is 8.67. The fraction of sp³-hybridized carbons (Fsp3) is 0.550. The molecule has 2 aliphatic heterocycles. The van der Waals surface area contributed by atoms with E-state index >= 15 is 0 Å². The highest BCUT2D eigenvalue weighted by Gasteiger charge is 2.36. The van der Waals surface area contributed by atoms with E-state index in [2.05, 4.69) is 6.92 Å². The highest BCUT2D eigenvalue weighted by Crippen LogP contribution is 2.37. The molecule has 0 aromatic heterocycles. The van der Waals surface area contributed by atoms with Gasteiger partial charge in [0.1, 0.15) is 6.54 Å². The van der Waals surface area contributed by atoms with Crippen molar-refractivity contribution in [2.45, 2.75) is 56.2 Å². The Bertz CT molecular complexity index is 739. The minimum Gasteiger partial charge on any atom is -0.321 e. The number of para-hydroxylation sites is 1. The lowest BCUT2D eigenvalue weighted by molar-refractivity contribution is -0.135. The second kappa shape index (κ2) is 8.33. The SMILES string of the molecule is CCC(C)N1CCC(=O)N(CC(=O)N2CCC(C)Sc3ccccc32)C1=O. The first-order valence-electron chi connectivity index (χ1n) is 9.59. The van der Waals surface area contributed by atoms with Crippen molar-refractivity contribution in [2.75, 3.05) is 24.5 Å². The largest absolute Gasteiger partial charge is 0.327 e. The number of fused-ring (bicyclic) bond motifs is 1. The molecule has 2 unspecified atom stereocenters. The molecule has 0 spiro atoms. The first kappa shape index (κ1) is 19.7. The van der Waals surface area contributed by atoms with Gasteiger partial charge in [-0.1, -0.05) is 26.0 Å². The van der Waals surface area contributed by atoms with Crippen LogP contribution >= 0.6 is 11.8 Å². The molecule has 4 amide bonds. The monoisotopic (exact) mass is 389 g/mol. The maximum atomic E-state index is 13.1. The van der Waals surface area contributed by atoms with Crippen LogP contribution in [0.3, 0.4) is 0 Å². The van der Waals surface area contributed by atoms with E-state index in [1.54, 1.807) is 21.6 Å². The van der Waals surface area contributed by atoms with Crippen LogP contribution in [0.2, 0.25) is 0 Å². The van der Waals surface area contributed by atoms with Crippen molar-refractivity contribution in [2.24, 2.45) is 0 Å². The summed E-state index contributed by atoms with van der Waals surface area (Å²) in [5, 5.41) is 0.406. The van der Waals surface area contributed by atoms with E-state index in [1.807, 2.05) is 38.1 Å². The summed E-state index contributed by atoms with van der Waals surface area (Å²) in [4.78, 5) is 43.8. The molecule has 1 fully saturated rings. The van der Waals surface area contributed by atoms with Crippen LogP contribution in [-0.4, -0.2) is 58.6 Å². The van der Waals surface area contributed by atoms with Crippen molar-refractivity contribution in [1.29, 1.82) is 0 Å². The fourth-order valence-electron chi connectivity index (χ4n) is 3.46. The van der Waals surface area contributed by atoms with Crippen molar-refractivity contribution in [3.63, 3.8) is 0 Å². The van der Waals surface area contributed by atoms with Gasteiger partial charge >= 0.3 is 6.03 Å². The van der Waals surface area contributed by atoms with Gasteiger partial charge in [0.2, 0.25) is 11.8 Å². The smallest absolute Gasteiger partial charge is 0.321 e. The Morgan fingerprint density at radius 1 is 1.26 bits per heavy atom. The maximum Gasteiger partial charge on any atom is 0.327 e. The van der Waals surface area contributed by atoms with Gasteiger partial charge < -0.3 is 9.80 Å². The van der Waals surface area contributed by atoms with Crippen LogP contribution in [0.25, 0.3) is 0 Å². The highest BCUT2D eigenvalue weighted by atomic mass is 32.2. The third-order valence-corrected chi connectivity index (χ3v) is 6.54. The molecule has 3 rings (SSSR count). The topological polar surface area (TPSA) is 60.9 Å². The summed E-state index contributed by atoms with van der Waals surface area (Å²) in [6.07, 6.45) is 1.95. The summed E-state index contributed by atoms with van der Waals surface area (Å²) in [5.74, 6) is -0.469. The lowest BCUT2D eigenvalue weighted by Crippen LogP contribution is -2.57. The van der Waals surface area contributed by atoms with Gasteiger partial charge in [-0.25, -0.2) is 4.79 Å². The van der Waals surface area contributed by atoms with Crippen LogP contribution in [0.15, 0.2) is 29.2 Å². The van der Waals surface area contributed by atoms with Gasteiger partial charge in [-0.3, -0.25) is 14.5 Å². The van der Waals surface area contributed by atoms with E-state index in [-0.39, 0.29) is 36.9 Å². The number of anilines is 1. The molecule has 0 N–H and O–H groups in total. The molecule has 1 saturated heterocycles. The molecular weight excluding hydrogens is 362 g/mol. The molecule has 1 aromatic carbocycles. The predicted molar refractivity (Wildman–Crippen MR) is 107 cm³/mol. The van der Waals surface area contributed by atoms with Crippen LogP contribution in [0.5, 0.6) is 0 Å². The predicted octanol–water partition coefficient (Wildman–Crippen LogP) is 3.36. The van der Waals surface area contributed by atoms with Crippen molar-refractivity contribution in [1.82, 2.24) is 9.80 Å². The van der Waals surface area contributed by atoms with Crippen LogP contribution < -0.4 is 4.90 Å². The van der Waals surface area contributed by atoms with Gasteiger partial charge in [-0.15, -0.1) is 11.8 Å². The Labute approximate surface area is 164 Å². The van der Waals surface area contributed by atoms with Gasteiger partial charge in [0, 0.05) is 35.7 Å². The van der Waals surface area contributed by atoms with Gasteiger partial charge in [-0.2, -0.15) is 0 Å². The van der Waals surface area contributed by atoms with Crippen molar-refractivity contribution >= 4 is 35.3 Å². The summed E-state index contributed by atoms with van der Waals surface area (Å²) in [6, 6.07) is 7.54. The molecule has 2 atom stereocenters. The Morgan fingerprint density at radius 3 is 2.74 bits per heavy atom. The first-order chi connectivity index (χ1) is 12.9. The van der Waals surface area contributed by atoms with Gasteiger partial charge in [0.05, 0.1) is 5.69 Å².